The number of para-hydroxylation sites is 1. The smallest absolute Gasteiger partial charge is 0.326 e. The van der Waals surface area contributed by atoms with Crippen molar-refractivity contribution < 1.29 is 53.1 Å². The molecule has 27 heteroatoms. The summed E-state index contributed by atoms with van der Waals surface area (Å²) < 4.78 is -2.09. The van der Waals surface area contributed by atoms with Gasteiger partial charge < -0.3 is 69.8 Å². The first-order valence-corrected chi connectivity index (χ1v) is 28.7. The van der Waals surface area contributed by atoms with Gasteiger partial charge in [-0.25, -0.2) is 4.79 Å². The molecule has 3 aliphatic heterocycles. The number of thioether (sulfide) groups is 1. The van der Waals surface area contributed by atoms with Crippen molar-refractivity contribution in [1.29, 1.82) is 0 Å². The number of benzene rings is 1. The number of hydrogen-bond donors (Lipinski definition) is 12. The summed E-state index contributed by atoms with van der Waals surface area (Å²) in [6.45, 7) is 7.01. The number of rotatable bonds is 17. The molecule has 418 valence electrons. The fraction of sp³-hybridized carbons (Fsp3) is 0.612. The third kappa shape index (κ3) is 16.9. The second-order valence-corrected chi connectivity index (χ2v) is 24.6. The van der Waals surface area contributed by atoms with Crippen LogP contribution in [0.1, 0.15) is 104 Å². The van der Waals surface area contributed by atoms with Crippen LogP contribution in [0.3, 0.4) is 0 Å². The lowest BCUT2D eigenvalue weighted by molar-refractivity contribution is -0.145. The van der Waals surface area contributed by atoms with Gasteiger partial charge in [0.1, 0.15) is 42.3 Å². The van der Waals surface area contributed by atoms with Crippen LogP contribution in [0.4, 0.5) is 0 Å². The number of amides is 9. The number of aromatic amines is 1. The highest BCUT2D eigenvalue weighted by Gasteiger charge is 2.48. The van der Waals surface area contributed by atoms with Crippen molar-refractivity contribution in [1.82, 2.24) is 41.8 Å². The van der Waals surface area contributed by atoms with E-state index in [1.807, 2.05) is 24.3 Å². The van der Waals surface area contributed by atoms with E-state index >= 15 is 4.79 Å². The summed E-state index contributed by atoms with van der Waals surface area (Å²) in [6.07, 6.45) is 2.22. The zero-order valence-corrected chi connectivity index (χ0v) is 45.7. The molecule has 3 fully saturated rings. The van der Waals surface area contributed by atoms with Crippen molar-refractivity contribution in [3.8, 4) is 0 Å². The minimum atomic E-state index is -1.76. The van der Waals surface area contributed by atoms with E-state index in [0.29, 0.717) is 37.2 Å². The van der Waals surface area contributed by atoms with E-state index in [1.54, 1.807) is 45.7 Å². The average molecular weight is 1120 g/mol. The minimum absolute atomic E-state index is 0.0223. The highest BCUT2D eigenvalue weighted by molar-refractivity contribution is 8.77. The number of guanidine groups is 1. The number of likely N-dealkylation sites (tertiary alicyclic amines) is 1. The van der Waals surface area contributed by atoms with Gasteiger partial charge in [-0.05, 0) is 87.8 Å². The summed E-state index contributed by atoms with van der Waals surface area (Å²) in [6, 6.07) is -2.42. The van der Waals surface area contributed by atoms with E-state index < -0.39 is 130 Å². The van der Waals surface area contributed by atoms with E-state index in [2.05, 4.69) is 41.9 Å². The third-order valence-electron chi connectivity index (χ3n) is 13.8. The van der Waals surface area contributed by atoms with Gasteiger partial charge in [-0.2, -0.15) is 11.8 Å². The first-order valence-electron chi connectivity index (χ1n) is 25.4. The number of aliphatic imine (C=N–C) groups is 1. The zero-order chi connectivity index (χ0) is 55.9. The van der Waals surface area contributed by atoms with E-state index in [0.717, 1.165) is 16.5 Å². The van der Waals surface area contributed by atoms with Crippen LogP contribution in [0.25, 0.3) is 10.9 Å². The van der Waals surface area contributed by atoms with Gasteiger partial charge in [0.25, 0.3) is 0 Å². The number of fused-ring (bicyclic) bond motifs is 1. The van der Waals surface area contributed by atoms with Crippen LogP contribution >= 0.6 is 33.3 Å². The summed E-state index contributed by atoms with van der Waals surface area (Å²) in [5.41, 5.74) is 23.5. The Kier molecular flexibility index (Phi) is 22.1. The van der Waals surface area contributed by atoms with Crippen LogP contribution in [0.2, 0.25) is 0 Å². The highest BCUT2D eigenvalue weighted by Crippen LogP contribution is 2.52. The summed E-state index contributed by atoms with van der Waals surface area (Å²) in [5, 5.41) is 27.0. The number of carbonyl (C=O) groups excluding carboxylic acids is 9. The van der Waals surface area contributed by atoms with Crippen molar-refractivity contribution in [3.63, 3.8) is 0 Å². The normalized spacial score (nSPS) is 24.6. The Morgan fingerprint density at radius 3 is 2.20 bits per heavy atom. The molecule has 8 unspecified atom stereocenters. The van der Waals surface area contributed by atoms with E-state index in [4.69, 9.17) is 22.9 Å². The Balaban J connectivity index is 1.58. The van der Waals surface area contributed by atoms with E-state index in [9.17, 15) is 48.3 Å². The molecule has 76 heavy (non-hydrogen) atoms. The Morgan fingerprint density at radius 1 is 0.868 bits per heavy atom. The van der Waals surface area contributed by atoms with Gasteiger partial charge in [-0.3, -0.25) is 48.1 Å². The molecule has 16 N–H and O–H groups in total. The average Bonchev–Trinajstić information content (AvgIpc) is 4.03. The summed E-state index contributed by atoms with van der Waals surface area (Å²) >= 11 is 1.71. The highest BCUT2D eigenvalue weighted by atomic mass is 33.1. The standard InChI is InChI=1S/C49H73N13O11S3/c1-5-26(2)38-44(70)57-30(14-15-35(50)63)40(66)59-33(23-36(51)64)42(68)61-39(45(71)62-19-9-13-34(62)43(69)58-31(46(72)73)12-8-18-54-47(52)53)48(3,4)75-76-49(16-20-74-21-17-49)24-37(65)56-32(41(67)60-38)22-27-25-55-29-11-7-6-10-28(27)29/h6-7,10-11,25-26,30-34,38-39,55H,5,8-9,12-24H2,1-4H3,(H2,50,63)(H2,51,64)(H,56,65)(H,57,70)(H,58,69)(H,59,66)(H,60,67)(H,61,68)(H,72,73)(H4,52,53,54). The SMILES string of the molecule is CCC(C)C1NC(=O)C(Cc2c[nH]c3ccccc23)NC(=O)CC2(CCSCC2)SSC(C)(C)C(C(=O)N2CCCC2C(=O)NC(CCCN=C(N)N)C(=O)O)NC(=O)C(CC(N)=O)NC(=O)C(CCC(N)=O)NC1=O. The van der Waals surface area contributed by atoms with Crippen molar-refractivity contribution in [2.24, 2.45) is 33.8 Å². The molecule has 3 saturated heterocycles. The van der Waals surface area contributed by atoms with Gasteiger partial charge in [-0.15, -0.1) is 0 Å². The fourth-order valence-electron chi connectivity index (χ4n) is 9.27. The van der Waals surface area contributed by atoms with Gasteiger partial charge in [0.15, 0.2) is 5.96 Å². The van der Waals surface area contributed by atoms with Crippen molar-refractivity contribution in [2.75, 3.05) is 24.6 Å². The molecule has 0 bridgehead atoms. The third-order valence-corrected chi connectivity index (χ3v) is 19.1. The van der Waals surface area contributed by atoms with Crippen molar-refractivity contribution in [2.45, 2.75) is 157 Å². The summed E-state index contributed by atoms with van der Waals surface area (Å²) in [5.74, 6) is -8.10. The van der Waals surface area contributed by atoms with Gasteiger partial charge in [0.2, 0.25) is 53.2 Å². The number of carboxylic acids is 1. The maximum absolute atomic E-state index is 15.2. The molecule has 24 nitrogen and oxygen atoms in total. The summed E-state index contributed by atoms with van der Waals surface area (Å²) in [7, 11) is 2.56. The Morgan fingerprint density at radius 2 is 1.54 bits per heavy atom. The van der Waals surface area contributed by atoms with Crippen LogP contribution < -0.4 is 54.8 Å². The van der Waals surface area contributed by atoms with E-state index in [-0.39, 0.29) is 57.6 Å². The first-order chi connectivity index (χ1) is 35.9. The number of primary amides is 2. The molecule has 1 aromatic heterocycles. The van der Waals surface area contributed by atoms with Crippen LogP contribution in [0.15, 0.2) is 35.5 Å². The maximum Gasteiger partial charge on any atom is 0.326 e. The number of hydrogen-bond acceptors (Lipinski definition) is 14. The molecule has 0 aliphatic carbocycles. The summed E-state index contributed by atoms with van der Waals surface area (Å²) in [4.78, 5) is 147. The quantitative estimate of drug-likeness (QED) is 0.0421. The number of nitrogens with two attached hydrogens (primary N) is 4. The molecular weight excluding hydrogens is 1040 g/mol. The van der Waals surface area contributed by atoms with E-state index in [1.165, 1.54) is 26.5 Å². The molecule has 0 saturated carbocycles. The molecule has 3 aliphatic rings. The molecule has 4 heterocycles. The van der Waals surface area contributed by atoms with Gasteiger partial charge >= 0.3 is 5.97 Å². The number of carboxylic acid groups (broad SMARTS) is 1. The molecule has 0 radical (unpaired) electrons. The predicted molar refractivity (Wildman–Crippen MR) is 291 cm³/mol. The van der Waals surface area contributed by atoms with Crippen LogP contribution in [0.5, 0.6) is 0 Å². The second kappa shape index (κ2) is 27.7. The number of aromatic nitrogens is 1. The minimum Gasteiger partial charge on any atom is -0.480 e. The number of carbonyl (C=O) groups is 10. The molecule has 5 rings (SSSR count). The predicted octanol–water partition coefficient (Wildman–Crippen LogP) is -0.235. The number of nitrogens with zero attached hydrogens (tertiary/aromatic N) is 2. The zero-order valence-electron chi connectivity index (χ0n) is 43.3. The number of H-pyrrole nitrogens is 1. The molecule has 9 amide bonds. The Bertz CT molecular complexity index is 2500. The lowest BCUT2D eigenvalue weighted by Crippen LogP contribution is -2.63. The van der Waals surface area contributed by atoms with Crippen LogP contribution in [-0.2, 0) is 54.4 Å². The Hall–Kier alpha value is -6.22. The molecule has 1 spiro atoms. The lowest BCUT2D eigenvalue weighted by Gasteiger charge is -2.41. The van der Waals surface area contributed by atoms with Crippen LogP contribution in [0, 0.1) is 5.92 Å². The monoisotopic (exact) mass is 1120 g/mol. The number of aliphatic carboxylic acids is 1. The van der Waals surface area contributed by atoms with Crippen LogP contribution in [-0.4, -0.2) is 156 Å². The lowest BCUT2D eigenvalue weighted by atomic mass is 9.95. The molecule has 2 aromatic rings. The van der Waals surface area contributed by atoms with Crippen molar-refractivity contribution >= 4 is 109 Å². The fourth-order valence-corrected chi connectivity index (χ4v) is 14.2. The molecule has 1 aromatic carbocycles. The largest absolute Gasteiger partial charge is 0.480 e. The maximum atomic E-state index is 15.2. The Labute approximate surface area is 453 Å². The van der Waals surface area contributed by atoms with Gasteiger partial charge in [0.05, 0.1) is 6.42 Å². The first kappa shape index (κ1) is 60.6. The number of nitrogens with one attached hydrogen (secondary N) is 7. The topological polar surface area (TPSA) is 399 Å². The molecule has 8 atom stereocenters. The van der Waals surface area contributed by atoms with Crippen molar-refractivity contribution in [3.05, 3.63) is 36.0 Å². The van der Waals surface area contributed by atoms with Gasteiger partial charge in [-0.1, -0.05) is 60.1 Å². The molecular formula is C49H73N13O11S3. The van der Waals surface area contributed by atoms with Gasteiger partial charge in [0, 0.05) is 58.9 Å². The second-order valence-electron chi connectivity index (χ2n) is 20.1.